The van der Waals surface area contributed by atoms with Crippen molar-refractivity contribution in [2.75, 3.05) is 11.9 Å². The maximum Gasteiger partial charge on any atom is 0.347 e. The summed E-state index contributed by atoms with van der Waals surface area (Å²) in [7, 11) is 0. The first-order chi connectivity index (χ1) is 11.4. The van der Waals surface area contributed by atoms with Gasteiger partial charge in [0.1, 0.15) is 0 Å². The molecule has 2 heterocycles. The number of nitrogens with zero attached hydrogens (tertiary/aromatic N) is 2. The van der Waals surface area contributed by atoms with E-state index in [0.717, 1.165) is 5.56 Å². The molecule has 1 aliphatic rings. The lowest BCUT2D eigenvalue weighted by Gasteiger charge is -2.12. The molecule has 1 amide bonds. The van der Waals surface area contributed by atoms with Crippen LogP contribution < -0.4 is 16.3 Å². The summed E-state index contributed by atoms with van der Waals surface area (Å²) in [6.45, 7) is -0.189. The van der Waals surface area contributed by atoms with Gasteiger partial charge in [0.25, 0.3) is 5.92 Å². The Hall–Kier alpha value is -2.32. The molecular weight excluding hydrogens is 354 g/mol. The van der Waals surface area contributed by atoms with Crippen LogP contribution in [-0.2, 0) is 11.3 Å². The van der Waals surface area contributed by atoms with Gasteiger partial charge in [-0.2, -0.15) is 0 Å². The maximum absolute atomic E-state index is 13.2. The third-order valence-corrected chi connectivity index (χ3v) is 3.76. The molecule has 0 saturated carbocycles. The fraction of sp³-hybridized carbons (Fsp3) is 0.312. The first-order valence-electron chi connectivity index (χ1n) is 7.45. The van der Waals surface area contributed by atoms with Crippen LogP contribution in [0.5, 0.6) is 0 Å². The van der Waals surface area contributed by atoms with E-state index in [1.165, 1.54) is 10.8 Å². The van der Waals surface area contributed by atoms with Crippen LogP contribution in [0.1, 0.15) is 12.0 Å². The molecule has 134 valence electrons. The van der Waals surface area contributed by atoms with Gasteiger partial charge in [0.2, 0.25) is 5.91 Å². The smallest absolute Gasteiger partial charge is 0.325 e. The number of aromatic nitrogens is 2. The van der Waals surface area contributed by atoms with Gasteiger partial charge in [0.15, 0.2) is 0 Å². The van der Waals surface area contributed by atoms with Gasteiger partial charge < -0.3 is 5.32 Å². The van der Waals surface area contributed by atoms with E-state index in [-0.39, 0.29) is 18.1 Å². The number of rotatable bonds is 4. The lowest BCUT2D eigenvalue weighted by Crippen LogP contribution is -2.35. The van der Waals surface area contributed by atoms with Crippen LogP contribution >= 0.6 is 12.4 Å². The Morgan fingerprint density at radius 3 is 2.88 bits per heavy atom. The third kappa shape index (κ3) is 4.83. The minimum Gasteiger partial charge on any atom is -0.325 e. The normalized spacial score (nSPS) is 18.4. The highest BCUT2D eigenvalue weighted by Crippen LogP contribution is 2.25. The summed E-state index contributed by atoms with van der Waals surface area (Å²) in [5.74, 6) is -3.35. The quantitative estimate of drug-likeness (QED) is 0.858. The number of amides is 1. The molecular formula is C16H17ClF2N4O2. The van der Waals surface area contributed by atoms with Crippen molar-refractivity contribution in [3.05, 3.63) is 58.8 Å². The molecule has 1 atom stereocenters. The summed E-state index contributed by atoms with van der Waals surface area (Å²) >= 11 is 0. The van der Waals surface area contributed by atoms with Crippen molar-refractivity contribution in [2.45, 2.75) is 24.9 Å². The molecule has 0 aliphatic carbocycles. The Morgan fingerprint density at radius 1 is 1.40 bits per heavy atom. The SMILES string of the molecule is Cl.O=C(Nc1cccc(Cn2cccnc2=O)c1)C1CC(F)(F)CN1. The van der Waals surface area contributed by atoms with Gasteiger partial charge in [0, 0.05) is 24.5 Å². The van der Waals surface area contributed by atoms with Crippen LogP contribution in [-0.4, -0.2) is 34.0 Å². The molecule has 3 rings (SSSR count). The van der Waals surface area contributed by atoms with E-state index < -0.39 is 30.8 Å². The molecule has 0 radical (unpaired) electrons. The number of hydrogen-bond donors (Lipinski definition) is 2. The largest absolute Gasteiger partial charge is 0.347 e. The highest BCUT2D eigenvalue weighted by Gasteiger charge is 2.42. The number of halogens is 3. The zero-order valence-electron chi connectivity index (χ0n) is 13.1. The molecule has 1 aliphatic heterocycles. The average Bonchev–Trinajstić information content (AvgIpc) is 2.90. The lowest BCUT2D eigenvalue weighted by molar-refractivity contribution is -0.118. The number of nitrogens with one attached hydrogen (secondary N) is 2. The van der Waals surface area contributed by atoms with Crippen LogP contribution in [0.2, 0.25) is 0 Å². The summed E-state index contributed by atoms with van der Waals surface area (Å²) in [4.78, 5) is 27.3. The van der Waals surface area contributed by atoms with Crippen molar-refractivity contribution in [3.8, 4) is 0 Å². The van der Waals surface area contributed by atoms with E-state index in [2.05, 4.69) is 15.6 Å². The predicted molar refractivity (Wildman–Crippen MR) is 91.3 cm³/mol. The number of carbonyl (C=O) groups excluding carboxylic acids is 1. The summed E-state index contributed by atoms with van der Waals surface area (Å²) in [6.07, 6.45) is 2.52. The Kier molecular flexibility index (Phi) is 5.86. The second-order valence-corrected chi connectivity index (χ2v) is 5.71. The molecule has 2 aromatic rings. The van der Waals surface area contributed by atoms with Crippen molar-refractivity contribution >= 4 is 24.0 Å². The van der Waals surface area contributed by atoms with Gasteiger partial charge in [-0.25, -0.2) is 18.6 Å². The van der Waals surface area contributed by atoms with Crippen molar-refractivity contribution < 1.29 is 13.6 Å². The van der Waals surface area contributed by atoms with Crippen molar-refractivity contribution in [3.63, 3.8) is 0 Å². The zero-order valence-corrected chi connectivity index (χ0v) is 13.9. The van der Waals surface area contributed by atoms with E-state index >= 15 is 0 Å². The van der Waals surface area contributed by atoms with Gasteiger partial charge in [-0.05, 0) is 23.8 Å². The molecule has 9 heteroatoms. The van der Waals surface area contributed by atoms with E-state index in [9.17, 15) is 18.4 Å². The fourth-order valence-electron chi connectivity index (χ4n) is 2.58. The first kappa shape index (κ1) is 19.0. The fourth-order valence-corrected chi connectivity index (χ4v) is 2.58. The number of carbonyl (C=O) groups is 1. The first-order valence-corrected chi connectivity index (χ1v) is 7.45. The van der Waals surface area contributed by atoms with Crippen molar-refractivity contribution in [1.29, 1.82) is 0 Å². The van der Waals surface area contributed by atoms with Crippen LogP contribution in [0.15, 0.2) is 47.5 Å². The summed E-state index contributed by atoms with van der Waals surface area (Å²) in [6, 6.07) is 7.63. The Balaban J connectivity index is 0.00000225. The standard InChI is InChI=1S/C16H16F2N4O2.ClH/c17-16(18)8-13(20-10-16)14(23)21-12-4-1-3-11(7-12)9-22-6-2-5-19-15(22)24;/h1-7,13,20H,8-10H2,(H,21,23);1H. The topological polar surface area (TPSA) is 76.0 Å². The van der Waals surface area contributed by atoms with E-state index in [4.69, 9.17) is 0 Å². The van der Waals surface area contributed by atoms with E-state index in [0.29, 0.717) is 12.2 Å². The highest BCUT2D eigenvalue weighted by molar-refractivity contribution is 5.95. The number of benzene rings is 1. The molecule has 0 spiro atoms. The third-order valence-electron chi connectivity index (χ3n) is 3.76. The van der Waals surface area contributed by atoms with Crippen LogP contribution in [0.3, 0.4) is 0 Å². The molecule has 6 nitrogen and oxygen atoms in total. The Labute approximate surface area is 148 Å². The molecule has 1 aromatic carbocycles. The number of alkyl halides is 2. The number of anilines is 1. The zero-order chi connectivity index (χ0) is 17.2. The van der Waals surface area contributed by atoms with Gasteiger partial charge in [-0.1, -0.05) is 12.1 Å². The number of hydrogen-bond acceptors (Lipinski definition) is 4. The van der Waals surface area contributed by atoms with Crippen LogP contribution in [0.25, 0.3) is 0 Å². The minimum absolute atomic E-state index is 0. The Bertz CT molecular complexity index is 812. The van der Waals surface area contributed by atoms with Crippen molar-refractivity contribution in [2.24, 2.45) is 0 Å². The molecule has 0 bridgehead atoms. The molecule has 1 aromatic heterocycles. The maximum atomic E-state index is 13.2. The second-order valence-electron chi connectivity index (χ2n) is 5.71. The summed E-state index contributed by atoms with van der Waals surface area (Å²) in [5, 5.41) is 5.14. The van der Waals surface area contributed by atoms with Gasteiger partial charge in [0.05, 0.1) is 19.1 Å². The minimum atomic E-state index is -2.86. The lowest BCUT2D eigenvalue weighted by atomic mass is 10.1. The van der Waals surface area contributed by atoms with Crippen LogP contribution in [0, 0.1) is 0 Å². The van der Waals surface area contributed by atoms with E-state index in [1.807, 2.05) is 0 Å². The van der Waals surface area contributed by atoms with E-state index in [1.54, 1.807) is 36.5 Å². The molecule has 2 N–H and O–H groups in total. The predicted octanol–water partition coefficient (Wildman–Crippen LogP) is 1.65. The molecule has 1 unspecified atom stereocenters. The highest BCUT2D eigenvalue weighted by atomic mass is 35.5. The van der Waals surface area contributed by atoms with Gasteiger partial charge >= 0.3 is 5.69 Å². The van der Waals surface area contributed by atoms with Gasteiger partial charge in [-0.15, -0.1) is 12.4 Å². The Morgan fingerprint density at radius 2 is 2.20 bits per heavy atom. The molecule has 1 fully saturated rings. The second kappa shape index (κ2) is 7.71. The van der Waals surface area contributed by atoms with Crippen LogP contribution in [0.4, 0.5) is 14.5 Å². The summed E-state index contributed by atoms with van der Waals surface area (Å²) in [5.41, 5.74) is 0.906. The molecule has 1 saturated heterocycles. The monoisotopic (exact) mass is 370 g/mol. The molecule has 25 heavy (non-hydrogen) atoms. The van der Waals surface area contributed by atoms with Crippen molar-refractivity contribution in [1.82, 2.24) is 14.9 Å². The van der Waals surface area contributed by atoms with Gasteiger partial charge in [-0.3, -0.25) is 14.7 Å². The summed E-state index contributed by atoms with van der Waals surface area (Å²) < 4.78 is 27.7. The average molecular weight is 371 g/mol.